The molecule has 1 aromatic heterocycles. The van der Waals surface area contributed by atoms with Crippen LogP contribution in [0.4, 0.5) is 13.2 Å². The molecule has 98 valence electrons. The summed E-state index contributed by atoms with van der Waals surface area (Å²) in [5.41, 5.74) is 7.15. The first kappa shape index (κ1) is 11.8. The Hall–Kier alpha value is -1.30. The number of aromatic nitrogens is 1. The number of halogens is 3. The van der Waals surface area contributed by atoms with E-state index in [-0.39, 0.29) is 16.8 Å². The minimum absolute atomic E-state index is 0.00475. The Morgan fingerprint density at radius 3 is 2.39 bits per heavy atom. The molecular formula is C12H13F3N2O. The molecule has 1 heterocycles. The van der Waals surface area contributed by atoms with Crippen LogP contribution in [0, 0.1) is 0 Å². The van der Waals surface area contributed by atoms with E-state index >= 15 is 0 Å². The highest BCUT2D eigenvalue weighted by Crippen LogP contribution is 2.66. The fourth-order valence-electron chi connectivity index (χ4n) is 3.11. The first-order valence-electron chi connectivity index (χ1n) is 5.75. The highest BCUT2D eigenvalue weighted by molar-refractivity contribution is 5.40. The van der Waals surface area contributed by atoms with E-state index in [2.05, 4.69) is 9.72 Å². The van der Waals surface area contributed by atoms with Crippen LogP contribution in [0.5, 0.6) is 5.88 Å². The number of nitrogens with zero attached hydrogens (tertiary/aromatic N) is 1. The van der Waals surface area contributed by atoms with E-state index in [1.807, 2.05) is 0 Å². The number of pyridine rings is 1. The summed E-state index contributed by atoms with van der Waals surface area (Å²) >= 11 is 0. The van der Waals surface area contributed by atoms with Gasteiger partial charge in [0.1, 0.15) is 0 Å². The first-order valence-corrected chi connectivity index (χ1v) is 5.75. The molecule has 0 unspecified atom stereocenters. The molecule has 3 nitrogen and oxygen atoms in total. The third-order valence-electron chi connectivity index (χ3n) is 3.80. The molecule has 2 N–H and O–H groups in total. The third-order valence-corrected chi connectivity index (χ3v) is 3.80. The maximum atomic E-state index is 12.0. The highest BCUT2D eigenvalue weighted by Gasteiger charge is 2.66. The van der Waals surface area contributed by atoms with Gasteiger partial charge in [-0.05, 0) is 24.8 Å². The van der Waals surface area contributed by atoms with E-state index in [0.29, 0.717) is 0 Å². The van der Waals surface area contributed by atoms with Crippen molar-refractivity contribution in [2.24, 2.45) is 5.73 Å². The zero-order chi connectivity index (χ0) is 13.0. The van der Waals surface area contributed by atoms with E-state index in [0.717, 1.165) is 24.8 Å². The molecule has 3 saturated carbocycles. The van der Waals surface area contributed by atoms with Crippen LogP contribution in [0.25, 0.3) is 0 Å². The first-order chi connectivity index (χ1) is 8.30. The van der Waals surface area contributed by atoms with Crippen LogP contribution < -0.4 is 10.5 Å². The van der Waals surface area contributed by atoms with E-state index in [4.69, 9.17) is 5.73 Å². The summed E-state index contributed by atoms with van der Waals surface area (Å²) < 4.78 is 40.4. The zero-order valence-electron chi connectivity index (χ0n) is 9.63. The van der Waals surface area contributed by atoms with Gasteiger partial charge in [0, 0.05) is 23.2 Å². The second-order valence-corrected chi connectivity index (χ2v) is 5.46. The largest absolute Gasteiger partial charge is 0.468 e. The van der Waals surface area contributed by atoms with Gasteiger partial charge in [0.05, 0.1) is 0 Å². The van der Waals surface area contributed by atoms with Crippen molar-refractivity contribution >= 4 is 0 Å². The minimum Gasteiger partial charge on any atom is -0.468 e. The maximum absolute atomic E-state index is 12.0. The molecule has 0 aromatic carbocycles. The molecule has 6 heteroatoms. The molecule has 4 rings (SSSR count). The number of hydrogen-bond acceptors (Lipinski definition) is 3. The summed E-state index contributed by atoms with van der Waals surface area (Å²) in [6, 6.07) is 3.28. The van der Waals surface area contributed by atoms with Gasteiger partial charge < -0.3 is 10.5 Å². The quantitative estimate of drug-likeness (QED) is 0.903. The average Bonchev–Trinajstić information content (AvgIpc) is 2.21. The van der Waals surface area contributed by atoms with Crippen molar-refractivity contribution in [3.8, 4) is 5.88 Å². The maximum Gasteiger partial charge on any atom is 0.422 e. The number of rotatable bonds is 3. The fraction of sp³-hybridized carbons (Fsp3) is 0.583. The molecule has 0 atom stereocenters. The Morgan fingerprint density at radius 2 is 1.94 bits per heavy atom. The van der Waals surface area contributed by atoms with Crippen LogP contribution in [0.15, 0.2) is 18.3 Å². The van der Waals surface area contributed by atoms with E-state index in [1.165, 1.54) is 6.07 Å². The summed E-state index contributed by atoms with van der Waals surface area (Å²) in [5, 5.41) is 0. The van der Waals surface area contributed by atoms with Gasteiger partial charge in [-0.15, -0.1) is 0 Å². The number of ether oxygens (including phenoxy) is 1. The van der Waals surface area contributed by atoms with E-state index < -0.39 is 12.8 Å². The molecule has 0 radical (unpaired) electrons. The van der Waals surface area contributed by atoms with Gasteiger partial charge in [-0.1, -0.05) is 6.07 Å². The molecule has 3 aliphatic rings. The second kappa shape index (κ2) is 3.38. The molecule has 18 heavy (non-hydrogen) atoms. The summed E-state index contributed by atoms with van der Waals surface area (Å²) in [7, 11) is 0. The summed E-state index contributed by atoms with van der Waals surface area (Å²) in [4.78, 5) is 3.91. The van der Waals surface area contributed by atoms with Crippen LogP contribution in [0.2, 0.25) is 0 Å². The van der Waals surface area contributed by atoms with E-state index in [9.17, 15) is 13.2 Å². The summed E-state index contributed by atoms with van der Waals surface area (Å²) in [6.45, 7) is -1.31. The van der Waals surface area contributed by atoms with Gasteiger partial charge in [-0.25, -0.2) is 4.98 Å². The topological polar surface area (TPSA) is 48.1 Å². The molecule has 0 amide bonds. The van der Waals surface area contributed by atoms with Crippen molar-refractivity contribution in [2.45, 2.75) is 36.4 Å². The Kier molecular flexibility index (Phi) is 2.21. The molecule has 2 bridgehead atoms. The lowest BCUT2D eigenvalue weighted by Crippen LogP contribution is -2.74. The second-order valence-electron chi connectivity index (χ2n) is 5.46. The standard InChI is InChI=1S/C12H13F3N2O/c13-12(14,15)7-18-9-2-1-8(3-17-9)10-4-11(16,5-10)6-10/h1-3H,4-7,16H2. The van der Waals surface area contributed by atoms with Crippen molar-refractivity contribution in [3.05, 3.63) is 23.9 Å². The Morgan fingerprint density at radius 1 is 1.28 bits per heavy atom. The van der Waals surface area contributed by atoms with Crippen LogP contribution >= 0.6 is 0 Å². The van der Waals surface area contributed by atoms with E-state index in [1.54, 1.807) is 12.3 Å². The molecule has 0 saturated heterocycles. The smallest absolute Gasteiger partial charge is 0.422 e. The molecular weight excluding hydrogens is 245 g/mol. The summed E-state index contributed by atoms with van der Waals surface area (Å²) in [5.74, 6) is 0.00475. The molecule has 0 spiro atoms. The van der Waals surface area contributed by atoms with Crippen molar-refractivity contribution in [3.63, 3.8) is 0 Å². The monoisotopic (exact) mass is 258 g/mol. The molecule has 1 aromatic rings. The molecule has 3 fully saturated rings. The fourth-order valence-corrected chi connectivity index (χ4v) is 3.11. The Labute approximate surface area is 102 Å². The van der Waals surface area contributed by atoms with Gasteiger partial charge >= 0.3 is 6.18 Å². The van der Waals surface area contributed by atoms with Crippen molar-refractivity contribution in [2.75, 3.05) is 6.61 Å². The lowest BCUT2D eigenvalue weighted by atomic mass is 9.38. The average molecular weight is 258 g/mol. The Bertz CT molecular complexity index is 449. The normalized spacial score (nSPS) is 33.6. The number of alkyl halides is 3. The number of nitrogens with two attached hydrogens (primary N) is 1. The molecule has 0 aliphatic heterocycles. The van der Waals surface area contributed by atoms with Gasteiger partial charge in [-0.3, -0.25) is 0 Å². The predicted octanol–water partition coefficient (Wildman–Crippen LogP) is 2.16. The van der Waals surface area contributed by atoms with Gasteiger partial charge in [0.15, 0.2) is 6.61 Å². The zero-order valence-corrected chi connectivity index (χ0v) is 9.63. The van der Waals surface area contributed by atoms with Gasteiger partial charge in [-0.2, -0.15) is 13.2 Å². The van der Waals surface area contributed by atoms with Gasteiger partial charge in [0.2, 0.25) is 5.88 Å². The van der Waals surface area contributed by atoms with Crippen LogP contribution in [-0.2, 0) is 5.41 Å². The lowest BCUT2D eigenvalue weighted by molar-refractivity contribution is -0.154. The number of hydrogen-bond donors (Lipinski definition) is 1. The van der Waals surface area contributed by atoms with Crippen molar-refractivity contribution < 1.29 is 17.9 Å². The predicted molar refractivity (Wildman–Crippen MR) is 58.2 cm³/mol. The third kappa shape index (κ3) is 1.84. The minimum atomic E-state index is -4.33. The lowest BCUT2D eigenvalue weighted by Gasteiger charge is -2.69. The Balaban J connectivity index is 1.64. The van der Waals surface area contributed by atoms with Crippen LogP contribution in [-0.4, -0.2) is 23.3 Å². The SMILES string of the molecule is NC12CC(c3ccc(OCC(F)(F)F)nc3)(C1)C2. The van der Waals surface area contributed by atoms with Crippen molar-refractivity contribution in [1.82, 2.24) is 4.98 Å². The van der Waals surface area contributed by atoms with Gasteiger partial charge in [0.25, 0.3) is 0 Å². The van der Waals surface area contributed by atoms with Crippen LogP contribution in [0.1, 0.15) is 24.8 Å². The highest BCUT2D eigenvalue weighted by atomic mass is 19.4. The van der Waals surface area contributed by atoms with Crippen molar-refractivity contribution in [1.29, 1.82) is 0 Å². The molecule has 3 aliphatic carbocycles. The summed E-state index contributed by atoms with van der Waals surface area (Å²) in [6.07, 6.45) is 0.115. The van der Waals surface area contributed by atoms with Crippen LogP contribution in [0.3, 0.4) is 0 Å².